The zero-order valence-electron chi connectivity index (χ0n) is 14.2. The van der Waals surface area contributed by atoms with Gasteiger partial charge in [0.15, 0.2) is 0 Å². The van der Waals surface area contributed by atoms with Crippen LogP contribution in [0.3, 0.4) is 0 Å². The predicted molar refractivity (Wildman–Crippen MR) is 90.9 cm³/mol. The van der Waals surface area contributed by atoms with Crippen LogP contribution in [0.2, 0.25) is 0 Å². The number of hydrogen-bond donors (Lipinski definition) is 1. The van der Waals surface area contributed by atoms with E-state index in [1.807, 2.05) is 0 Å². The molecule has 1 aromatic rings. The van der Waals surface area contributed by atoms with Crippen LogP contribution in [0, 0.1) is 20.8 Å². The molecule has 3 heteroatoms. The molecule has 1 aliphatic rings. The maximum atomic E-state index is 3.60. The molecule has 0 amide bonds. The number of piperazine rings is 1. The molecule has 0 unspecified atom stereocenters. The Labute approximate surface area is 130 Å². The van der Waals surface area contributed by atoms with Crippen molar-refractivity contribution in [2.75, 3.05) is 46.3 Å². The molecule has 1 saturated heterocycles. The van der Waals surface area contributed by atoms with Crippen molar-refractivity contribution < 1.29 is 0 Å². The number of likely N-dealkylation sites (N-methyl/N-ethyl adjacent to an activating group) is 1. The zero-order chi connectivity index (χ0) is 15.2. The Morgan fingerprint density at radius 1 is 0.952 bits per heavy atom. The van der Waals surface area contributed by atoms with Crippen LogP contribution in [-0.4, -0.2) is 56.1 Å². The van der Waals surface area contributed by atoms with E-state index in [0.717, 1.165) is 13.1 Å². The third kappa shape index (κ3) is 5.10. The molecule has 1 heterocycles. The van der Waals surface area contributed by atoms with Crippen molar-refractivity contribution in [3.63, 3.8) is 0 Å². The second-order valence-corrected chi connectivity index (χ2v) is 6.54. The van der Waals surface area contributed by atoms with Crippen LogP contribution in [0.1, 0.15) is 28.7 Å². The van der Waals surface area contributed by atoms with Crippen LogP contribution in [0.25, 0.3) is 0 Å². The summed E-state index contributed by atoms with van der Waals surface area (Å²) >= 11 is 0. The molecule has 0 atom stereocenters. The highest BCUT2D eigenvalue weighted by Crippen LogP contribution is 2.15. The summed E-state index contributed by atoms with van der Waals surface area (Å²) in [7, 11) is 2.21. The number of hydrogen-bond acceptors (Lipinski definition) is 3. The summed E-state index contributed by atoms with van der Waals surface area (Å²) in [6.07, 6.45) is 1.24. The van der Waals surface area contributed by atoms with Gasteiger partial charge in [-0.2, -0.15) is 0 Å². The largest absolute Gasteiger partial charge is 0.313 e. The van der Waals surface area contributed by atoms with Gasteiger partial charge >= 0.3 is 0 Å². The Balaban J connectivity index is 1.65. The first-order chi connectivity index (χ1) is 10.1. The molecular formula is C18H31N3. The molecule has 0 aliphatic carbocycles. The van der Waals surface area contributed by atoms with E-state index < -0.39 is 0 Å². The average molecular weight is 289 g/mol. The summed E-state index contributed by atoms with van der Waals surface area (Å²) in [5.41, 5.74) is 5.64. The minimum Gasteiger partial charge on any atom is -0.313 e. The summed E-state index contributed by atoms with van der Waals surface area (Å²) < 4.78 is 0. The Bertz CT molecular complexity index is 448. The van der Waals surface area contributed by atoms with Crippen LogP contribution in [-0.2, 0) is 6.54 Å². The molecule has 0 bridgehead atoms. The average Bonchev–Trinajstić information content (AvgIpc) is 2.46. The number of nitrogens with zero attached hydrogens (tertiary/aromatic N) is 2. The second kappa shape index (κ2) is 7.92. The summed E-state index contributed by atoms with van der Waals surface area (Å²) in [5.74, 6) is 0. The first-order valence-electron chi connectivity index (χ1n) is 8.24. The molecule has 118 valence electrons. The van der Waals surface area contributed by atoms with Crippen molar-refractivity contribution in [2.45, 2.75) is 33.7 Å². The second-order valence-electron chi connectivity index (χ2n) is 6.54. The van der Waals surface area contributed by atoms with Crippen LogP contribution in [0.15, 0.2) is 12.1 Å². The van der Waals surface area contributed by atoms with Gasteiger partial charge in [0.1, 0.15) is 0 Å². The highest BCUT2D eigenvalue weighted by molar-refractivity contribution is 5.36. The van der Waals surface area contributed by atoms with Gasteiger partial charge in [-0.1, -0.05) is 12.1 Å². The van der Waals surface area contributed by atoms with Crippen LogP contribution in [0.5, 0.6) is 0 Å². The molecule has 1 aliphatic heterocycles. The minimum atomic E-state index is 0.996. The molecule has 0 saturated carbocycles. The third-order valence-corrected chi connectivity index (χ3v) is 4.69. The van der Waals surface area contributed by atoms with E-state index in [2.05, 4.69) is 55.1 Å². The van der Waals surface area contributed by atoms with Crippen molar-refractivity contribution in [1.82, 2.24) is 15.1 Å². The van der Waals surface area contributed by atoms with Crippen molar-refractivity contribution in [2.24, 2.45) is 0 Å². The minimum absolute atomic E-state index is 0.996. The molecule has 1 fully saturated rings. The fourth-order valence-electron chi connectivity index (χ4n) is 2.93. The molecule has 1 N–H and O–H groups in total. The van der Waals surface area contributed by atoms with E-state index in [1.165, 1.54) is 61.4 Å². The maximum Gasteiger partial charge on any atom is 0.0208 e. The zero-order valence-corrected chi connectivity index (χ0v) is 14.2. The Kier molecular flexibility index (Phi) is 6.22. The van der Waals surface area contributed by atoms with E-state index in [1.54, 1.807) is 0 Å². The molecule has 3 nitrogen and oxygen atoms in total. The Morgan fingerprint density at radius 3 is 2.33 bits per heavy atom. The SMILES string of the molecule is Cc1cc(C)c(CNCCCN2CCN(C)CC2)cc1C. The lowest BCUT2D eigenvalue weighted by Crippen LogP contribution is -2.45. The van der Waals surface area contributed by atoms with Gasteiger partial charge in [-0.3, -0.25) is 0 Å². The summed E-state index contributed by atoms with van der Waals surface area (Å²) in [5, 5.41) is 3.60. The van der Waals surface area contributed by atoms with Crippen molar-refractivity contribution in [3.8, 4) is 0 Å². The number of nitrogens with one attached hydrogen (secondary N) is 1. The van der Waals surface area contributed by atoms with Gasteiger partial charge in [0.2, 0.25) is 0 Å². The van der Waals surface area contributed by atoms with E-state index in [9.17, 15) is 0 Å². The van der Waals surface area contributed by atoms with E-state index in [4.69, 9.17) is 0 Å². The van der Waals surface area contributed by atoms with Crippen molar-refractivity contribution >= 4 is 0 Å². The molecule has 0 radical (unpaired) electrons. The van der Waals surface area contributed by atoms with Crippen LogP contribution < -0.4 is 5.32 Å². The quantitative estimate of drug-likeness (QED) is 0.811. The summed E-state index contributed by atoms with van der Waals surface area (Å²) in [4.78, 5) is 5.00. The van der Waals surface area contributed by atoms with Gasteiger partial charge in [0.05, 0.1) is 0 Å². The number of aryl methyl sites for hydroxylation is 3. The van der Waals surface area contributed by atoms with Crippen molar-refractivity contribution in [1.29, 1.82) is 0 Å². The predicted octanol–water partition coefficient (Wildman–Crippen LogP) is 2.34. The number of rotatable bonds is 6. The van der Waals surface area contributed by atoms with E-state index >= 15 is 0 Å². The standard InChI is InChI=1S/C18H31N3/c1-15-12-17(3)18(13-16(15)2)14-19-6-5-7-21-10-8-20(4)9-11-21/h12-13,19H,5-11,14H2,1-4H3. The Morgan fingerprint density at radius 2 is 1.62 bits per heavy atom. The fraction of sp³-hybridized carbons (Fsp3) is 0.667. The molecule has 1 aromatic carbocycles. The topological polar surface area (TPSA) is 18.5 Å². The lowest BCUT2D eigenvalue weighted by atomic mass is 10.0. The highest BCUT2D eigenvalue weighted by atomic mass is 15.2. The van der Waals surface area contributed by atoms with Gasteiger partial charge in [0.25, 0.3) is 0 Å². The van der Waals surface area contributed by atoms with Gasteiger partial charge < -0.3 is 15.1 Å². The Hall–Kier alpha value is -0.900. The van der Waals surface area contributed by atoms with Crippen molar-refractivity contribution in [3.05, 3.63) is 34.4 Å². The first-order valence-corrected chi connectivity index (χ1v) is 8.24. The molecule has 0 spiro atoms. The highest BCUT2D eigenvalue weighted by Gasteiger charge is 2.12. The molecule has 0 aromatic heterocycles. The lowest BCUT2D eigenvalue weighted by Gasteiger charge is -2.32. The fourth-order valence-corrected chi connectivity index (χ4v) is 2.93. The third-order valence-electron chi connectivity index (χ3n) is 4.69. The molecule has 21 heavy (non-hydrogen) atoms. The van der Waals surface area contributed by atoms with E-state index in [0.29, 0.717) is 0 Å². The lowest BCUT2D eigenvalue weighted by molar-refractivity contribution is 0.153. The normalized spacial score (nSPS) is 17.3. The molecule has 2 rings (SSSR count). The van der Waals surface area contributed by atoms with Gasteiger partial charge in [-0.15, -0.1) is 0 Å². The maximum absolute atomic E-state index is 3.60. The van der Waals surface area contributed by atoms with Crippen LogP contribution >= 0.6 is 0 Å². The molecular weight excluding hydrogens is 258 g/mol. The van der Waals surface area contributed by atoms with Gasteiger partial charge in [0, 0.05) is 32.7 Å². The van der Waals surface area contributed by atoms with E-state index in [-0.39, 0.29) is 0 Å². The number of benzene rings is 1. The summed E-state index contributed by atoms with van der Waals surface area (Å²) in [6.45, 7) is 14.8. The smallest absolute Gasteiger partial charge is 0.0208 e. The van der Waals surface area contributed by atoms with Gasteiger partial charge in [-0.05, 0) is 69.6 Å². The summed E-state index contributed by atoms with van der Waals surface area (Å²) in [6, 6.07) is 4.63. The first kappa shape index (κ1) is 16.5. The van der Waals surface area contributed by atoms with Crippen LogP contribution in [0.4, 0.5) is 0 Å². The van der Waals surface area contributed by atoms with Gasteiger partial charge in [-0.25, -0.2) is 0 Å². The monoisotopic (exact) mass is 289 g/mol.